The van der Waals surface area contributed by atoms with Crippen LogP contribution in [0.1, 0.15) is 20.8 Å². The van der Waals surface area contributed by atoms with Crippen molar-refractivity contribution in [3.05, 3.63) is 24.3 Å². The van der Waals surface area contributed by atoms with E-state index in [1.165, 1.54) is 23.1 Å². The number of hydrogen-bond donors (Lipinski definition) is 1. The molecule has 1 aromatic heterocycles. The van der Waals surface area contributed by atoms with E-state index in [0.29, 0.717) is 17.4 Å². The molecule has 1 atom stereocenters. The van der Waals surface area contributed by atoms with Crippen LogP contribution in [0.3, 0.4) is 0 Å². The predicted molar refractivity (Wildman–Crippen MR) is 102 cm³/mol. The minimum absolute atomic E-state index is 0.0870. The van der Waals surface area contributed by atoms with Crippen LogP contribution in [-0.4, -0.2) is 34.2 Å². The van der Waals surface area contributed by atoms with E-state index in [-0.39, 0.29) is 11.2 Å². The summed E-state index contributed by atoms with van der Waals surface area (Å²) in [5.74, 6) is 2.19. The predicted octanol–water partition coefficient (Wildman–Crippen LogP) is 4.41. The molecule has 0 bridgehead atoms. The highest BCUT2D eigenvalue weighted by Gasteiger charge is 2.18. The van der Waals surface area contributed by atoms with Crippen molar-refractivity contribution in [2.24, 2.45) is 5.92 Å². The van der Waals surface area contributed by atoms with Gasteiger partial charge in [0.1, 0.15) is 5.75 Å². The molecule has 2 aromatic rings. The Hall–Kier alpha value is -1.25. The third-order valence-corrected chi connectivity index (χ3v) is 6.61. The van der Waals surface area contributed by atoms with Crippen molar-refractivity contribution in [3.63, 3.8) is 0 Å². The molecule has 0 unspecified atom stereocenters. The summed E-state index contributed by atoms with van der Waals surface area (Å²) in [5.41, 5.74) is 0.669. The fourth-order valence-electron chi connectivity index (χ4n) is 1.73. The second-order valence-corrected chi connectivity index (χ2v) is 9.32. The number of thioether (sulfide) groups is 2. The van der Waals surface area contributed by atoms with Gasteiger partial charge in [-0.15, -0.1) is 10.2 Å². The number of carbonyl (C=O) groups excluding carboxylic acids is 1. The molecule has 1 aromatic carbocycles. The number of para-hydroxylation sites is 2. The van der Waals surface area contributed by atoms with E-state index in [0.717, 1.165) is 14.4 Å². The number of aromatic nitrogens is 2. The minimum atomic E-state index is -0.272. The van der Waals surface area contributed by atoms with E-state index in [1.54, 1.807) is 18.9 Å². The minimum Gasteiger partial charge on any atom is -0.495 e. The Labute approximate surface area is 155 Å². The summed E-state index contributed by atoms with van der Waals surface area (Å²) in [7, 11) is 1.58. The number of hydrogen-bond acceptors (Lipinski definition) is 7. The summed E-state index contributed by atoms with van der Waals surface area (Å²) in [6, 6.07) is 7.36. The van der Waals surface area contributed by atoms with Gasteiger partial charge in [0.25, 0.3) is 0 Å². The lowest BCUT2D eigenvalue weighted by Gasteiger charge is -2.12. The molecule has 0 saturated heterocycles. The molecule has 5 nitrogen and oxygen atoms in total. The highest BCUT2D eigenvalue weighted by Crippen LogP contribution is 2.32. The highest BCUT2D eigenvalue weighted by atomic mass is 32.2. The number of nitrogens with one attached hydrogen (secondary N) is 1. The summed E-state index contributed by atoms with van der Waals surface area (Å²) in [4.78, 5) is 12.4. The van der Waals surface area contributed by atoms with E-state index < -0.39 is 0 Å². The molecule has 1 heterocycles. The number of amides is 1. The van der Waals surface area contributed by atoms with Gasteiger partial charge in [-0.05, 0) is 25.0 Å². The van der Waals surface area contributed by atoms with Crippen LogP contribution in [0.25, 0.3) is 0 Å². The molecular formula is C16H21N3O2S3. The molecule has 8 heteroatoms. The summed E-state index contributed by atoms with van der Waals surface area (Å²) < 4.78 is 7.01. The second kappa shape index (κ2) is 9.29. The van der Waals surface area contributed by atoms with Crippen LogP contribution in [-0.2, 0) is 4.79 Å². The summed E-state index contributed by atoms with van der Waals surface area (Å²) in [6.45, 7) is 6.21. The van der Waals surface area contributed by atoms with Crippen molar-refractivity contribution < 1.29 is 9.53 Å². The van der Waals surface area contributed by atoms with Crippen molar-refractivity contribution in [2.75, 3.05) is 18.2 Å². The van der Waals surface area contributed by atoms with E-state index in [9.17, 15) is 4.79 Å². The topological polar surface area (TPSA) is 64.1 Å². The van der Waals surface area contributed by atoms with E-state index in [2.05, 4.69) is 29.4 Å². The molecule has 0 aliphatic heterocycles. The van der Waals surface area contributed by atoms with Crippen LogP contribution in [0.15, 0.2) is 32.9 Å². The molecule has 1 amide bonds. The van der Waals surface area contributed by atoms with Gasteiger partial charge in [-0.2, -0.15) is 0 Å². The van der Waals surface area contributed by atoms with E-state index >= 15 is 0 Å². The van der Waals surface area contributed by atoms with Gasteiger partial charge in [-0.25, -0.2) is 0 Å². The quantitative estimate of drug-likeness (QED) is 0.681. The molecule has 0 saturated carbocycles. The Balaban J connectivity index is 1.92. The average molecular weight is 384 g/mol. The first kappa shape index (κ1) is 19.1. The van der Waals surface area contributed by atoms with Gasteiger partial charge in [0.2, 0.25) is 5.91 Å². The first-order valence-corrected chi connectivity index (χ1v) is 10.2. The van der Waals surface area contributed by atoms with Crippen LogP contribution < -0.4 is 10.1 Å². The number of ether oxygens (including phenoxy) is 1. The number of nitrogens with zero attached hydrogens (tertiary/aromatic N) is 2. The second-order valence-electron chi connectivity index (χ2n) is 5.49. The Kier molecular flexibility index (Phi) is 7.39. The monoisotopic (exact) mass is 383 g/mol. The lowest BCUT2D eigenvalue weighted by molar-refractivity contribution is -0.115. The zero-order valence-corrected chi connectivity index (χ0v) is 16.6. The number of benzene rings is 1. The highest BCUT2D eigenvalue weighted by molar-refractivity contribution is 8.03. The Morgan fingerprint density at radius 3 is 2.67 bits per heavy atom. The van der Waals surface area contributed by atoms with E-state index in [4.69, 9.17) is 4.74 Å². The maximum atomic E-state index is 12.4. The van der Waals surface area contributed by atoms with Crippen molar-refractivity contribution in [3.8, 4) is 5.75 Å². The number of rotatable bonds is 8. The summed E-state index contributed by atoms with van der Waals surface area (Å²) >= 11 is 4.66. The third-order valence-electron chi connectivity index (χ3n) is 2.94. The van der Waals surface area contributed by atoms with Crippen molar-refractivity contribution in [1.29, 1.82) is 0 Å². The molecule has 0 spiro atoms. The Morgan fingerprint density at radius 1 is 1.25 bits per heavy atom. The normalized spacial score (nSPS) is 12.2. The molecule has 1 N–H and O–H groups in total. The molecular weight excluding hydrogens is 362 g/mol. The zero-order chi connectivity index (χ0) is 17.5. The van der Waals surface area contributed by atoms with Crippen molar-refractivity contribution >= 4 is 46.5 Å². The van der Waals surface area contributed by atoms with Crippen LogP contribution in [0.4, 0.5) is 5.69 Å². The number of carbonyl (C=O) groups is 1. The van der Waals surface area contributed by atoms with Crippen molar-refractivity contribution in [1.82, 2.24) is 10.2 Å². The van der Waals surface area contributed by atoms with Gasteiger partial charge in [-0.3, -0.25) is 4.79 Å². The fourth-order valence-corrected chi connectivity index (χ4v) is 4.87. The SMILES string of the molecule is COc1ccccc1NC(=O)[C@@H](C)Sc1nnc(SCC(C)C)s1. The molecule has 0 aliphatic rings. The largest absolute Gasteiger partial charge is 0.495 e. The Bertz CT molecular complexity index is 676. The first-order valence-electron chi connectivity index (χ1n) is 7.56. The number of methoxy groups -OCH3 is 1. The van der Waals surface area contributed by atoms with Crippen molar-refractivity contribution in [2.45, 2.75) is 34.7 Å². The number of anilines is 1. The van der Waals surface area contributed by atoms with Gasteiger partial charge >= 0.3 is 0 Å². The van der Waals surface area contributed by atoms with Gasteiger partial charge in [0, 0.05) is 5.75 Å². The van der Waals surface area contributed by atoms with E-state index in [1.807, 2.05) is 31.2 Å². The average Bonchev–Trinajstić information content (AvgIpc) is 3.00. The van der Waals surface area contributed by atoms with Gasteiger partial charge in [0.05, 0.1) is 18.0 Å². The molecule has 130 valence electrons. The van der Waals surface area contributed by atoms with Crippen LogP contribution in [0.5, 0.6) is 5.75 Å². The zero-order valence-electron chi connectivity index (χ0n) is 14.1. The van der Waals surface area contributed by atoms with Gasteiger partial charge < -0.3 is 10.1 Å². The smallest absolute Gasteiger partial charge is 0.237 e. The molecule has 0 radical (unpaired) electrons. The maximum absolute atomic E-state index is 12.4. The molecule has 0 aliphatic carbocycles. The molecule has 2 rings (SSSR count). The third kappa shape index (κ3) is 5.68. The first-order chi connectivity index (χ1) is 11.5. The molecule has 24 heavy (non-hydrogen) atoms. The summed E-state index contributed by atoms with van der Waals surface area (Å²) in [5, 5.41) is 11.0. The lowest BCUT2D eigenvalue weighted by atomic mass is 10.3. The van der Waals surface area contributed by atoms with Crippen LogP contribution in [0, 0.1) is 5.92 Å². The van der Waals surface area contributed by atoms with Gasteiger partial charge in [-0.1, -0.05) is 60.8 Å². The van der Waals surface area contributed by atoms with Gasteiger partial charge in [0.15, 0.2) is 8.68 Å². The van der Waals surface area contributed by atoms with Crippen LogP contribution >= 0.6 is 34.9 Å². The fraction of sp³-hybridized carbons (Fsp3) is 0.438. The lowest BCUT2D eigenvalue weighted by Crippen LogP contribution is -2.22. The molecule has 0 fully saturated rings. The standard InChI is InChI=1S/C16H21N3O2S3/c1-10(2)9-22-15-18-19-16(24-15)23-11(3)14(20)17-12-7-5-6-8-13(12)21-4/h5-8,10-11H,9H2,1-4H3,(H,17,20)/t11-/m1/s1. The van der Waals surface area contributed by atoms with Crippen LogP contribution in [0.2, 0.25) is 0 Å². The Morgan fingerprint density at radius 2 is 1.96 bits per heavy atom. The maximum Gasteiger partial charge on any atom is 0.237 e. The summed E-state index contributed by atoms with van der Waals surface area (Å²) in [6.07, 6.45) is 0.